The topological polar surface area (TPSA) is 25.2 Å². The van der Waals surface area contributed by atoms with Gasteiger partial charge in [0.15, 0.2) is 0 Å². The molecule has 0 spiro atoms. The molecule has 2 aromatic carbocycles. The Hall–Kier alpha value is -1.58. The number of rotatable bonds is 4. The van der Waals surface area contributed by atoms with Crippen molar-refractivity contribution in [3.05, 3.63) is 70.4 Å². The molecule has 3 heteroatoms. The first kappa shape index (κ1) is 13.4. The Labute approximate surface area is 126 Å². The smallest absolute Gasteiger partial charge is 0.134 e. The molecule has 1 heterocycles. The largest absolute Gasteiger partial charge is 0.459 e. The van der Waals surface area contributed by atoms with Crippen molar-refractivity contribution in [2.24, 2.45) is 0 Å². The molecule has 102 valence electrons. The molecule has 0 saturated heterocycles. The molecule has 0 bridgehead atoms. The predicted octanol–water partition coefficient (Wildman–Crippen LogP) is 5.05. The van der Waals surface area contributed by atoms with Crippen LogP contribution >= 0.6 is 15.9 Å². The van der Waals surface area contributed by atoms with Crippen LogP contribution in [0.3, 0.4) is 0 Å². The van der Waals surface area contributed by atoms with Crippen molar-refractivity contribution in [1.29, 1.82) is 0 Å². The first-order valence-corrected chi connectivity index (χ1v) is 7.48. The highest BCUT2D eigenvalue weighted by Gasteiger charge is 2.11. The molecule has 0 amide bonds. The highest BCUT2D eigenvalue weighted by Crippen LogP contribution is 2.24. The molecular weight excluding hydrogens is 314 g/mol. The number of hydrogen-bond donors (Lipinski definition) is 1. The van der Waals surface area contributed by atoms with Gasteiger partial charge in [0.05, 0.1) is 6.04 Å². The van der Waals surface area contributed by atoms with Gasteiger partial charge in [0.25, 0.3) is 0 Å². The maximum atomic E-state index is 5.87. The molecule has 0 aliphatic heterocycles. The SMILES string of the molecule is CC(NCc1ccccc1Br)c1cc2ccccc2o1. The Bertz CT molecular complexity index is 687. The molecule has 1 aromatic heterocycles. The van der Waals surface area contributed by atoms with Crippen LogP contribution in [-0.4, -0.2) is 0 Å². The van der Waals surface area contributed by atoms with Gasteiger partial charge in [-0.05, 0) is 30.7 Å². The van der Waals surface area contributed by atoms with Crippen molar-refractivity contribution in [1.82, 2.24) is 5.32 Å². The number of hydrogen-bond acceptors (Lipinski definition) is 2. The van der Waals surface area contributed by atoms with Crippen LogP contribution in [0.15, 0.2) is 63.5 Å². The fourth-order valence-electron chi connectivity index (χ4n) is 2.22. The summed E-state index contributed by atoms with van der Waals surface area (Å²) in [5, 5.41) is 4.64. The van der Waals surface area contributed by atoms with Crippen molar-refractivity contribution in [3.63, 3.8) is 0 Å². The molecular formula is C17H16BrNO. The van der Waals surface area contributed by atoms with Gasteiger partial charge in [-0.25, -0.2) is 0 Å². The average molecular weight is 330 g/mol. The summed E-state index contributed by atoms with van der Waals surface area (Å²) >= 11 is 3.57. The standard InChI is InChI=1S/C17H16BrNO/c1-12(19-11-14-7-2-4-8-15(14)18)17-10-13-6-3-5-9-16(13)20-17/h2-10,12,19H,11H2,1H3. The summed E-state index contributed by atoms with van der Waals surface area (Å²) in [6.07, 6.45) is 0. The van der Waals surface area contributed by atoms with Crippen LogP contribution in [0, 0.1) is 0 Å². The van der Waals surface area contributed by atoms with Crippen molar-refractivity contribution >= 4 is 26.9 Å². The minimum absolute atomic E-state index is 0.175. The summed E-state index contributed by atoms with van der Waals surface area (Å²) in [6.45, 7) is 2.92. The third-order valence-electron chi connectivity index (χ3n) is 3.43. The summed E-state index contributed by atoms with van der Waals surface area (Å²) in [5.74, 6) is 0.971. The van der Waals surface area contributed by atoms with Crippen LogP contribution in [0.2, 0.25) is 0 Å². The second-order valence-electron chi connectivity index (χ2n) is 4.88. The molecule has 0 radical (unpaired) electrons. The summed E-state index contributed by atoms with van der Waals surface area (Å²) < 4.78 is 7.00. The number of halogens is 1. The highest BCUT2D eigenvalue weighted by atomic mass is 79.9. The lowest BCUT2D eigenvalue weighted by molar-refractivity contribution is 0.450. The van der Waals surface area contributed by atoms with Gasteiger partial charge in [0.2, 0.25) is 0 Å². The van der Waals surface area contributed by atoms with E-state index >= 15 is 0 Å². The first-order valence-electron chi connectivity index (χ1n) is 6.69. The maximum absolute atomic E-state index is 5.87. The Balaban J connectivity index is 1.73. The third kappa shape index (κ3) is 2.79. The highest BCUT2D eigenvalue weighted by molar-refractivity contribution is 9.10. The van der Waals surface area contributed by atoms with Crippen LogP contribution < -0.4 is 5.32 Å². The zero-order valence-electron chi connectivity index (χ0n) is 11.3. The van der Waals surface area contributed by atoms with Crippen LogP contribution in [0.5, 0.6) is 0 Å². The van der Waals surface area contributed by atoms with Crippen molar-refractivity contribution in [2.75, 3.05) is 0 Å². The number of nitrogens with one attached hydrogen (secondary N) is 1. The molecule has 0 saturated carbocycles. The molecule has 1 unspecified atom stereocenters. The van der Waals surface area contributed by atoms with Gasteiger partial charge in [-0.3, -0.25) is 0 Å². The van der Waals surface area contributed by atoms with E-state index in [9.17, 15) is 0 Å². The second-order valence-corrected chi connectivity index (χ2v) is 5.73. The minimum Gasteiger partial charge on any atom is -0.459 e. The second kappa shape index (κ2) is 5.81. The van der Waals surface area contributed by atoms with E-state index < -0.39 is 0 Å². The molecule has 3 aromatic rings. The summed E-state index contributed by atoms with van der Waals surface area (Å²) in [6, 6.07) is 18.6. The molecule has 20 heavy (non-hydrogen) atoms. The zero-order valence-corrected chi connectivity index (χ0v) is 12.9. The van der Waals surface area contributed by atoms with Crippen molar-refractivity contribution < 1.29 is 4.42 Å². The quantitative estimate of drug-likeness (QED) is 0.724. The summed E-state index contributed by atoms with van der Waals surface area (Å²) in [5.41, 5.74) is 2.19. The van der Waals surface area contributed by atoms with E-state index in [0.717, 1.165) is 27.7 Å². The molecule has 1 atom stereocenters. The van der Waals surface area contributed by atoms with E-state index in [1.807, 2.05) is 30.3 Å². The maximum Gasteiger partial charge on any atom is 0.134 e. The minimum atomic E-state index is 0.175. The predicted molar refractivity (Wildman–Crippen MR) is 85.6 cm³/mol. The monoisotopic (exact) mass is 329 g/mol. The van der Waals surface area contributed by atoms with Gasteiger partial charge < -0.3 is 9.73 Å². The fraction of sp³-hybridized carbons (Fsp3) is 0.176. The average Bonchev–Trinajstić information content (AvgIpc) is 2.90. The van der Waals surface area contributed by atoms with Gasteiger partial charge in [-0.15, -0.1) is 0 Å². The van der Waals surface area contributed by atoms with Crippen LogP contribution in [0.4, 0.5) is 0 Å². The Kier molecular flexibility index (Phi) is 3.90. The van der Waals surface area contributed by atoms with E-state index in [4.69, 9.17) is 4.42 Å². The fourth-order valence-corrected chi connectivity index (χ4v) is 2.65. The summed E-state index contributed by atoms with van der Waals surface area (Å²) in [4.78, 5) is 0. The van der Waals surface area contributed by atoms with Crippen LogP contribution in [0.25, 0.3) is 11.0 Å². The van der Waals surface area contributed by atoms with E-state index in [1.165, 1.54) is 5.56 Å². The number of furan rings is 1. The molecule has 0 fully saturated rings. The molecule has 2 nitrogen and oxygen atoms in total. The lowest BCUT2D eigenvalue weighted by Crippen LogP contribution is -2.17. The van der Waals surface area contributed by atoms with Crippen molar-refractivity contribution in [3.8, 4) is 0 Å². The Morgan fingerprint density at radius 1 is 1.10 bits per heavy atom. The third-order valence-corrected chi connectivity index (χ3v) is 4.20. The van der Waals surface area contributed by atoms with E-state index in [-0.39, 0.29) is 6.04 Å². The molecule has 0 aliphatic carbocycles. The number of benzene rings is 2. The van der Waals surface area contributed by atoms with Gasteiger partial charge in [0, 0.05) is 16.4 Å². The van der Waals surface area contributed by atoms with E-state index in [2.05, 4.69) is 52.4 Å². The van der Waals surface area contributed by atoms with E-state index in [1.54, 1.807) is 0 Å². The zero-order chi connectivity index (χ0) is 13.9. The summed E-state index contributed by atoms with van der Waals surface area (Å²) in [7, 11) is 0. The van der Waals surface area contributed by atoms with Crippen LogP contribution in [-0.2, 0) is 6.54 Å². The number of para-hydroxylation sites is 1. The van der Waals surface area contributed by atoms with Gasteiger partial charge in [-0.1, -0.05) is 52.3 Å². The van der Waals surface area contributed by atoms with Crippen LogP contribution in [0.1, 0.15) is 24.3 Å². The Morgan fingerprint density at radius 2 is 1.85 bits per heavy atom. The first-order chi connectivity index (χ1) is 9.74. The van der Waals surface area contributed by atoms with Gasteiger partial charge in [-0.2, -0.15) is 0 Å². The molecule has 1 N–H and O–H groups in total. The van der Waals surface area contributed by atoms with E-state index in [0.29, 0.717) is 0 Å². The van der Waals surface area contributed by atoms with Gasteiger partial charge >= 0.3 is 0 Å². The Morgan fingerprint density at radius 3 is 2.65 bits per heavy atom. The lowest BCUT2D eigenvalue weighted by Gasteiger charge is -2.12. The normalized spacial score (nSPS) is 12.7. The molecule has 0 aliphatic rings. The van der Waals surface area contributed by atoms with Gasteiger partial charge in [0.1, 0.15) is 11.3 Å². The molecule has 3 rings (SSSR count). The lowest BCUT2D eigenvalue weighted by atomic mass is 10.2. The van der Waals surface area contributed by atoms with Crippen molar-refractivity contribution in [2.45, 2.75) is 19.5 Å². The number of fused-ring (bicyclic) bond motifs is 1.